The Morgan fingerprint density at radius 3 is 2.78 bits per heavy atom. The highest BCUT2D eigenvalue weighted by atomic mass is 14.9. The van der Waals surface area contributed by atoms with Crippen molar-refractivity contribution >= 4 is 0 Å². The molecule has 2 N–H and O–H groups in total. The summed E-state index contributed by atoms with van der Waals surface area (Å²) in [6, 6.07) is 1.04. The van der Waals surface area contributed by atoms with Gasteiger partial charge >= 0.3 is 0 Å². The molecule has 0 aromatic carbocycles. The van der Waals surface area contributed by atoms with Crippen LogP contribution in [0.2, 0.25) is 0 Å². The van der Waals surface area contributed by atoms with Crippen molar-refractivity contribution in [3.05, 3.63) is 0 Å². The number of rotatable bonds is 0. The summed E-state index contributed by atoms with van der Waals surface area (Å²) in [7, 11) is 0. The Morgan fingerprint density at radius 1 is 1.00 bits per heavy atom. The zero-order valence-corrected chi connectivity index (χ0v) is 5.97. The normalized spacial score (nSPS) is 42.7. The predicted octanol–water partition coefficient (Wildman–Crippen LogP) is 0.512. The molecule has 0 amide bonds. The van der Waals surface area contributed by atoms with E-state index in [-0.39, 0.29) is 0 Å². The minimum Gasteiger partial charge on any atom is -0.344 e. The van der Waals surface area contributed by atoms with Gasteiger partial charge in [0.25, 0.3) is 0 Å². The van der Waals surface area contributed by atoms with Crippen LogP contribution in [0.15, 0.2) is 0 Å². The third-order valence-electron chi connectivity index (χ3n) is 2.97. The standard InChI is InChI=1S/C8H15N/c1-3-7-4-2-6-9-8(7)5-1/h7-9H,1-6H2/p+1/t7-,8-/m0/s1. The Hall–Kier alpha value is -0.0400. The average molecular weight is 126 g/mol. The number of nitrogens with two attached hydrogens (primary N) is 1. The molecule has 1 heteroatoms. The second kappa shape index (κ2) is 2.30. The number of piperidine rings is 1. The summed E-state index contributed by atoms with van der Waals surface area (Å²) in [6.07, 6.45) is 7.54. The van der Waals surface area contributed by atoms with E-state index in [1.165, 1.54) is 38.6 Å². The van der Waals surface area contributed by atoms with Crippen molar-refractivity contribution in [3.8, 4) is 0 Å². The molecule has 0 unspecified atom stereocenters. The zero-order chi connectivity index (χ0) is 6.10. The van der Waals surface area contributed by atoms with E-state index in [1.807, 2.05) is 0 Å². The molecule has 9 heavy (non-hydrogen) atoms. The molecule has 1 heterocycles. The Morgan fingerprint density at radius 2 is 1.89 bits per heavy atom. The molecule has 1 aliphatic carbocycles. The molecule has 0 bridgehead atoms. The van der Waals surface area contributed by atoms with Crippen molar-refractivity contribution in [2.45, 2.75) is 38.1 Å². The third kappa shape index (κ3) is 0.983. The van der Waals surface area contributed by atoms with Gasteiger partial charge in [0.15, 0.2) is 0 Å². The van der Waals surface area contributed by atoms with Crippen molar-refractivity contribution in [1.29, 1.82) is 0 Å². The summed E-state index contributed by atoms with van der Waals surface area (Å²) >= 11 is 0. The highest BCUT2D eigenvalue weighted by molar-refractivity contribution is 4.77. The van der Waals surface area contributed by atoms with E-state index in [4.69, 9.17) is 0 Å². The Bertz CT molecular complexity index is 88.7. The van der Waals surface area contributed by atoms with E-state index < -0.39 is 0 Å². The van der Waals surface area contributed by atoms with Gasteiger partial charge in [-0.25, -0.2) is 0 Å². The summed E-state index contributed by atoms with van der Waals surface area (Å²) < 4.78 is 0. The Kier molecular flexibility index (Phi) is 1.46. The molecule has 0 aromatic heterocycles. The lowest BCUT2D eigenvalue weighted by atomic mass is 9.94. The molecule has 2 atom stereocenters. The van der Waals surface area contributed by atoms with Gasteiger partial charge in [0, 0.05) is 5.92 Å². The van der Waals surface area contributed by atoms with Gasteiger partial charge in [0.05, 0.1) is 12.6 Å². The first-order chi connectivity index (χ1) is 4.47. The fourth-order valence-corrected chi connectivity index (χ4v) is 2.45. The van der Waals surface area contributed by atoms with Crippen LogP contribution in [0.4, 0.5) is 0 Å². The van der Waals surface area contributed by atoms with Gasteiger partial charge in [0.1, 0.15) is 0 Å². The van der Waals surface area contributed by atoms with Crippen molar-refractivity contribution in [2.75, 3.05) is 6.54 Å². The maximum absolute atomic E-state index is 2.57. The lowest BCUT2D eigenvalue weighted by Gasteiger charge is -2.22. The molecule has 1 nitrogen and oxygen atoms in total. The van der Waals surface area contributed by atoms with Crippen LogP contribution >= 0.6 is 0 Å². The maximum Gasteiger partial charge on any atom is 0.0887 e. The minimum atomic E-state index is 1.04. The highest BCUT2D eigenvalue weighted by Crippen LogP contribution is 2.28. The fraction of sp³-hybridized carbons (Fsp3) is 1.00. The number of hydrogen-bond acceptors (Lipinski definition) is 0. The fourth-order valence-electron chi connectivity index (χ4n) is 2.45. The first-order valence-electron chi connectivity index (χ1n) is 4.30. The summed E-state index contributed by atoms with van der Waals surface area (Å²) in [4.78, 5) is 0. The first-order valence-corrected chi connectivity index (χ1v) is 4.30. The summed E-state index contributed by atoms with van der Waals surface area (Å²) in [5.74, 6) is 1.11. The number of fused-ring (bicyclic) bond motifs is 1. The molecule has 1 saturated carbocycles. The molecular formula is C8H16N+. The summed E-state index contributed by atoms with van der Waals surface area (Å²) in [5, 5.41) is 2.57. The first kappa shape index (κ1) is 5.72. The molecule has 0 spiro atoms. The van der Waals surface area contributed by atoms with Crippen LogP contribution in [0.5, 0.6) is 0 Å². The molecule has 2 aliphatic rings. The molecule has 1 aliphatic heterocycles. The van der Waals surface area contributed by atoms with Crippen molar-refractivity contribution in [2.24, 2.45) is 5.92 Å². The monoisotopic (exact) mass is 126 g/mol. The quantitative estimate of drug-likeness (QED) is 0.487. The van der Waals surface area contributed by atoms with E-state index in [0.717, 1.165) is 12.0 Å². The van der Waals surface area contributed by atoms with E-state index in [9.17, 15) is 0 Å². The summed E-state index contributed by atoms with van der Waals surface area (Å²) in [6.45, 7) is 1.40. The van der Waals surface area contributed by atoms with Gasteiger partial charge < -0.3 is 5.32 Å². The second-order valence-electron chi connectivity index (χ2n) is 3.52. The van der Waals surface area contributed by atoms with Gasteiger partial charge in [0.2, 0.25) is 0 Å². The van der Waals surface area contributed by atoms with Crippen LogP contribution in [0.3, 0.4) is 0 Å². The molecule has 52 valence electrons. The van der Waals surface area contributed by atoms with Crippen LogP contribution in [0.1, 0.15) is 32.1 Å². The highest BCUT2D eigenvalue weighted by Gasteiger charge is 2.31. The van der Waals surface area contributed by atoms with E-state index in [1.54, 1.807) is 0 Å². The lowest BCUT2D eigenvalue weighted by molar-refractivity contribution is -0.702. The molecular weight excluding hydrogens is 110 g/mol. The summed E-state index contributed by atoms with van der Waals surface area (Å²) in [5.41, 5.74) is 0. The van der Waals surface area contributed by atoms with Crippen LogP contribution in [-0.4, -0.2) is 12.6 Å². The SMILES string of the molecule is C1C[NH2+][C@H]2CCC[C@H]2C1. The zero-order valence-electron chi connectivity index (χ0n) is 5.97. The van der Waals surface area contributed by atoms with Crippen LogP contribution < -0.4 is 5.32 Å². The molecule has 0 aromatic rings. The predicted molar refractivity (Wildman–Crippen MR) is 37.2 cm³/mol. The Balaban J connectivity index is 1.97. The van der Waals surface area contributed by atoms with Gasteiger partial charge in [-0.2, -0.15) is 0 Å². The smallest absolute Gasteiger partial charge is 0.0887 e. The van der Waals surface area contributed by atoms with Crippen molar-refractivity contribution in [3.63, 3.8) is 0 Å². The molecule has 1 saturated heterocycles. The maximum atomic E-state index is 2.57. The molecule has 0 radical (unpaired) electrons. The van der Waals surface area contributed by atoms with Crippen molar-refractivity contribution < 1.29 is 5.32 Å². The van der Waals surface area contributed by atoms with Crippen molar-refractivity contribution in [1.82, 2.24) is 0 Å². The average Bonchev–Trinajstić information content (AvgIpc) is 2.33. The minimum absolute atomic E-state index is 1.04. The van der Waals surface area contributed by atoms with Gasteiger partial charge in [-0.3, -0.25) is 0 Å². The largest absolute Gasteiger partial charge is 0.344 e. The Labute approximate surface area is 56.8 Å². The van der Waals surface area contributed by atoms with Crippen LogP contribution in [-0.2, 0) is 0 Å². The van der Waals surface area contributed by atoms with E-state index in [2.05, 4.69) is 5.32 Å². The topological polar surface area (TPSA) is 16.6 Å². The van der Waals surface area contributed by atoms with Crippen LogP contribution in [0.25, 0.3) is 0 Å². The van der Waals surface area contributed by atoms with E-state index >= 15 is 0 Å². The van der Waals surface area contributed by atoms with E-state index in [0.29, 0.717) is 0 Å². The molecule has 2 rings (SSSR count). The second-order valence-corrected chi connectivity index (χ2v) is 3.52. The van der Waals surface area contributed by atoms with Gasteiger partial charge in [-0.1, -0.05) is 0 Å². The van der Waals surface area contributed by atoms with Gasteiger partial charge in [-0.15, -0.1) is 0 Å². The molecule has 2 fully saturated rings. The van der Waals surface area contributed by atoms with Crippen LogP contribution in [0, 0.1) is 5.92 Å². The third-order valence-corrected chi connectivity index (χ3v) is 2.97. The lowest BCUT2D eigenvalue weighted by Crippen LogP contribution is -2.92. The van der Waals surface area contributed by atoms with Gasteiger partial charge in [-0.05, 0) is 32.1 Å². The number of hydrogen-bond donors (Lipinski definition) is 1. The number of quaternary nitrogens is 1.